The summed E-state index contributed by atoms with van der Waals surface area (Å²) in [5.74, 6) is 0.479. The van der Waals surface area contributed by atoms with E-state index in [9.17, 15) is 4.79 Å². The summed E-state index contributed by atoms with van der Waals surface area (Å²) in [4.78, 5) is 11.2. The first-order chi connectivity index (χ1) is 7.71. The minimum absolute atomic E-state index is 0.284. The number of methoxy groups -OCH3 is 1. The Morgan fingerprint density at radius 3 is 2.88 bits per heavy atom. The van der Waals surface area contributed by atoms with Gasteiger partial charge in [-0.25, -0.2) is 4.79 Å². The summed E-state index contributed by atoms with van der Waals surface area (Å²) < 4.78 is 9.77. The van der Waals surface area contributed by atoms with Crippen molar-refractivity contribution in [2.45, 2.75) is 6.92 Å². The van der Waals surface area contributed by atoms with Crippen LogP contribution >= 0.6 is 0 Å². The maximum atomic E-state index is 11.2. The van der Waals surface area contributed by atoms with Crippen LogP contribution in [0.15, 0.2) is 18.2 Å². The number of nitriles is 1. The number of nitrogens with zero attached hydrogens (tertiary/aromatic N) is 1. The third-order valence-corrected chi connectivity index (χ3v) is 1.84. The zero-order chi connectivity index (χ0) is 12.0. The van der Waals surface area contributed by atoms with Gasteiger partial charge >= 0.3 is 6.09 Å². The van der Waals surface area contributed by atoms with E-state index in [0.717, 1.165) is 0 Å². The molecular weight excluding hydrogens is 208 g/mol. The van der Waals surface area contributed by atoms with Crippen molar-refractivity contribution in [3.8, 4) is 11.8 Å². The average Bonchev–Trinajstić information content (AvgIpc) is 2.29. The number of carbonyl (C=O) groups is 1. The predicted octanol–water partition coefficient (Wildman–Crippen LogP) is 2.14. The number of hydrogen-bond acceptors (Lipinski definition) is 4. The van der Waals surface area contributed by atoms with Crippen molar-refractivity contribution in [3.05, 3.63) is 23.8 Å². The van der Waals surface area contributed by atoms with Crippen molar-refractivity contribution in [3.63, 3.8) is 0 Å². The maximum Gasteiger partial charge on any atom is 0.411 e. The number of hydrogen-bond donors (Lipinski definition) is 1. The lowest BCUT2D eigenvalue weighted by molar-refractivity contribution is 0.168. The Hall–Kier alpha value is -2.22. The molecule has 0 radical (unpaired) electrons. The Kier molecular flexibility index (Phi) is 4.16. The first-order valence-electron chi connectivity index (χ1n) is 4.73. The van der Waals surface area contributed by atoms with Crippen molar-refractivity contribution < 1.29 is 14.3 Å². The topological polar surface area (TPSA) is 71.3 Å². The van der Waals surface area contributed by atoms with Crippen molar-refractivity contribution in [1.29, 1.82) is 5.26 Å². The second kappa shape index (κ2) is 5.61. The Morgan fingerprint density at radius 2 is 2.31 bits per heavy atom. The summed E-state index contributed by atoms with van der Waals surface area (Å²) >= 11 is 0. The van der Waals surface area contributed by atoms with Crippen LogP contribution in [-0.4, -0.2) is 19.8 Å². The van der Waals surface area contributed by atoms with Gasteiger partial charge in [-0.3, -0.25) is 5.32 Å². The Bertz CT molecular complexity index is 424. The summed E-state index contributed by atoms with van der Waals surface area (Å²) in [5.41, 5.74) is 0.854. The molecule has 16 heavy (non-hydrogen) atoms. The molecule has 1 amide bonds. The highest BCUT2D eigenvalue weighted by Gasteiger charge is 2.08. The summed E-state index contributed by atoms with van der Waals surface area (Å²) in [6.07, 6.45) is -0.573. The molecule has 0 saturated heterocycles. The van der Waals surface area contributed by atoms with E-state index >= 15 is 0 Å². The zero-order valence-corrected chi connectivity index (χ0v) is 9.11. The summed E-state index contributed by atoms with van der Waals surface area (Å²) in [7, 11) is 1.48. The minimum atomic E-state index is -0.573. The van der Waals surface area contributed by atoms with Gasteiger partial charge in [0.2, 0.25) is 0 Å². The fourth-order valence-electron chi connectivity index (χ4n) is 1.15. The average molecular weight is 220 g/mol. The first-order valence-corrected chi connectivity index (χ1v) is 4.73. The molecule has 1 N–H and O–H groups in total. The molecule has 1 aromatic carbocycles. The lowest BCUT2D eigenvalue weighted by atomic mass is 10.2. The van der Waals surface area contributed by atoms with Gasteiger partial charge in [-0.1, -0.05) is 0 Å². The van der Waals surface area contributed by atoms with Gasteiger partial charge in [-0.15, -0.1) is 0 Å². The van der Waals surface area contributed by atoms with Crippen LogP contribution in [0.3, 0.4) is 0 Å². The van der Waals surface area contributed by atoms with Crippen LogP contribution in [0, 0.1) is 11.3 Å². The molecule has 0 aliphatic heterocycles. The number of amides is 1. The molecule has 0 saturated carbocycles. The molecular formula is C11H12N2O3. The Balaban J connectivity index is 2.92. The normalized spacial score (nSPS) is 9.06. The van der Waals surface area contributed by atoms with E-state index in [1.807, 2.05) is 6.07 Å². The van der Waals surface area contributed by atoms with E-state index in [4.69, 9.17) is 14.7 Å². The highest BCUT2D eigenvalue weighted by atomic mass is 16.5. The van der Waals surface area contributed by atoms with Gasteiger partial charge in [0.1, 0.15) is 5.75 Å². The number of rotatable bonds is 3. The SMILES string of the molecule is CCOC(=O)Nc1cc(C#N)ccc1OC. The molecule has 84 valence electrons. The second-order valence-corrected chi connectivity index (χ2v) is 2.87. The molecule has 0 aliphatic rings. The van der Waals surface area contributed by atoms with Crippen LogP contribution in [0.25, 0.3) is 0 Å². The minimum Gasteiger partial charge on any atom is -0.495 e. The first kappa shape index (κ1) is 11.9. The highest BCUT2D eigenvalue weighted by molar-refractivity contribution is 5.87. The molecule has 0 atom stereocenters. The highest BCUT2D eigenvalue weighted by Crippen LogP contribution is 2.25. The fraction of sp³-hybridized carbons (Fsp3) is 0.273. The van der Waals surface area contributed by atoms with Gasteiger partial charge in [0, 0.05) is 0 Å². The van der Waals surface area contributed by atoms with Gasteiger partial charge in [-0.05, 0) is 25.1 Å². The van der Waals surface area contributed by atoms with Crippen LogP contribution in [0.1, 0.15) is 12.5 Å². The molecule has 0 heterocycles. The summed E-state index contributed by atoms with van der Waals surface area (Å²) in [5, 5.41) is 11.2. The monoisotopic (exact) mass is 220 g/mol. The second-order valence-electron chi connectivity index (χ2n) is 2.87. The number of carbonyl (C=O) groups excluding carboxylic acids is 1. The van der Waals surface area contributed by atoms with Crippen molar-refractivity contribution in [2.24, 2.45) is 0 Å². The maximum absolute atomic E-state index is 11.2. The molecule has 5 nitrogen and oxygen atoms in total. The van der Waals surface area contributed by atoms with Gasteiger partial charge in [0.15, 0.2) is 0 Å². The van der Waals surface area contributed by atoms with Gasteiger partial charge in [0.25, 0.3) is 0 Å². The van der Waals surface area contributed by atoms with Crippen LogP contribution < -0.4 is 10.1 Å². The molecule has 0 aromatic heterocycles. The fourth-order valence-corrected chi connectivity index (χ4v) is 1.15. The van der Waals surface area contributed by atoms with Gasteiger partial charge in [0.05, 0.1) is 31.0 Å². The van der Waals surface area contributed by atoms with Crippen molar-refractivity contribution >= 4 is 11.8 Å². The largest absolute Gasteiger partial charge is 0.495 e. The smallest absolute Gasteiger partial charge is 0.411 e. The van der Waals surface area contributed by atoms with E-state index in [1.54, 1.807) is 19.1 Å². The van der Waals surface area contributed by atoms with Crippen LogP contribution in [0.5, 0.6) is 5.75 Å². The van der Waals surface area contributed by atoms with Crippen LogP contribution in [0.2, 0.25) is 0 Å². The Labute approximate surface area is 93.6 Å². The Morgan fingerprint density at radius 1 is 1.56 bits per heavy atom. The molecule has 0 bridgehead atoms. The standard InChI is InChI=1S/C11H12N2O3/c1-3-16-11(14)13-9-6-8(7-12)4-5-10(9)15-2/h4-6H,3H2,1-2H3,(H,13,14). The number of ether oxygens (including phenoxy) is 2. The lowest BCUT2D eigenvalue weighted by Crippen LogP contribution is -2.14. The summed E-state index contributed by atoms with van der Waals surface area (Å²) in [6.45, 7) is 1.99. The third-order valence-electron chi connectivity index (χ3n) is 1.84. The molecule has 5 heteroatoms. The van der Waals surface area contributed by atoms with Crippen LogP contribution in [-0.2, 0) is 4.74 Å². The number of nitrogens with one attached hydrogen (secondary N) is 1. The van der Waals surface area contributed by atoms with Gasteiger partial charge in [-0.2, -0.15) is 5.26 Å². The van der Waals surface area contributed by atoms with Gasteiger partial charge < -0.3 is 9.47 Å². The quantitative estimate of drug-likeness (QED) is 0.847. The van der Waals surface area contributed by atoms with E-state index in [2.05, 4.69) is 5.32 Å². The van der Waals surface area contributed by atoms with E-state index in [1.165, 1.54) is 13.2 Å². The molecule has 0 unspecified atom stereocenters. The number of benzene rings is 1. The predicted molar refractivity (Wildman–Crippen MR) is 58.4 cm³/mol. The third kappa shape index (κ3) is 2.89. The zero-order valence-electron chi connectivity index (χ0n) is 9.11. The molecule has 1 aromatic rings. The van der Waals surface area contributed by atoms with Crippen LogP contribution in [0.4, 0.5) is 10.5 Å². The molecule has 0 spiro atoms. The van der Waals surface area contributed by atoms with E-state index in [-0.39, 0.29) is 6.61 Å². The lowest BCUT2D eigenvalue weighted by Gasteiger charge is -2.09. The molecule has 0 aliphatic carbocycles. The molecule has 0 fully saturated rings. The summed E-state index contributed by atoms with van der Waals surface area (Å²) in [6, 6.07) is 6.72. The van der Waals surface area contributed by atoms with Crippen molar-refractivity contribution in [1.82, 2.24) is 0 Å². The van der Waals surface area contributed by atoms with E-state index < -0.39 is 6.09 Å². The number of anilines is 1. The molecule has 1 rings (SSSR count). The van der Waals surface area contributed by atoms with E-state index in [0.29, 0.717) is 17.0 Å². The van der Waals surface area contributed by atoms with Crippen molar-refractivity contribution in [2.75, 3.05) is 19.0 Å².